The van der Waals surface area contributed by atoms with Crippen LogP contribution in [0.4, 0.5) is 0 Å². The summed E-state index contributed by atoms with van der Waals surface area (Å²) in [6.07, 6.45) is 4.06. The van der Waals surface area contributed by atoms with Crippen LogP contribution in [-0.2, 0) is 10.2 Å². The maximum Gasteiger partial charge on any atom is 0.314 e. The molecule has 0 amide bonds. The Balaban J connectivity index is 2.52. The smallest absolute Gasteiger partial charge is 0.314 e. The molecule has 0 aliphatic heterocycles. The van der Waals surface area contributed by atoms with Crippen molar-refractivity contribution in [3.63, 3.8) is 0 Å². The van der Waals surface area contributed by atoms with Crippen LogP contribution < -0.4 is 9.47 Å². The fraction of sp³-hybridized carbons (Fsp3) is 0.588. The van der Waals surface area contributed by atoms with E-state index in [1.165, 1.54) is 0 Å². The average Bonchev–Trinajstić information content (AvgIpc) is 2.47. The van der Waals surface area contributed by atoms with Crippen LogP contribution in [0.3, 0.4) is 0 Å². The van der Waals surface area contributed by atoms with Gasteiger partial charge in [0.1, 0.15) is 0 Å². The minimum atomic E-state index is -0.918. The highest BCUT2D eigenvalue weighted by Gasteiger charge is 2.43. The van der Waals surface area contributed by atoms with Crippen molar-refractivity contribution in [2.75, 3.05) is 7.11 Å². The lowest BCUT2D eigenvalue weighted by molar-refractivity contribution is -0.145. The fourth-order valence-corrected chi connectivity index (χ4v) is 3.50. The number of carboxylic acid groups (broad SMARTS) is 1. The lowest BCUT2D eigenvalue weighted by atomic mass is 9.69. The van der Waals surface area contributed by atoms with Gasteiger partial charge < -0.3 is 14.6 Å². The van der Waals surface area contributed by atoms with Crippen LogP contribution in [-0.4, -0.2) is 24.3 Å². The first-order valence-corrected chi connectivity index (χ1v) is 8.06. The number of carboxylic acids is 1. The molecule has 0 bridgehead atoms. The molecule has 1 aliphatic carbocycles. The topological polar surface area (TPSA) is 55.8 Å². The number of rotatable bonds is 5. The van der Waals surface area contributed by atoms with Gasteiger partial charge in [0.2, 0.25) is 0 Å². The summed E-state index contributed by atoms with van der Waals surface area (Å²) < 4.78 is 11.1. The van der Waals surface area contributed by atoms with Crippen LogP contribution in [0.5, 0.6) is 11.5 Å². The molecule has 22 heavy (non-hydrogen) atoms. The zero-order valence-electron chi connectivity index (χ0n) is 13.3. The van der Waals surface area contributed by atoms with E-state index in [2.05, 4.69) is 0 Å². The Hall–Kier alpha value is -1.42. The van der Waals surface area contributed by atoms with E-state index in [9.17, 15) is 9.90 Å². The molecule has 0 aromatic heterocycles. The molecule has 5 heteroatoms. The van der Waals surface area contributed by atoms with Crippen LogP contribution in [0, 0.1) is 0 Å². The second-order valence-corrected chi connectivity index (χ2v) is 6.50. The number of carbonyl (C=O) groups is 1. The SMILES string of the molecule is COc1cc(C2(C(=O)O)CCCCC2)c(Cl)cc1OC(C)C. The predicted octanol–water partition coefficient (Wildman–Crippen LogP) is 4.42. The Morgan fingerprint density at radius 1 is 1.23 bits per heavy atom. The van der Waals surface area contributed by atoms with Gasteiger partial charge >= 0.3 is 5.97 Å². The molecule has 1 aromatic carbocycles. The first-order chi connectivity index (χ1) is 10.4. The molecule has 0 unspecified atom stereocenters. The monoisotopic (exact) mass is 326 g/mol. The first kappa shape index (κ1) is 16.9. The van der Waals surface area contributed by atoms with Gasteiger partial charge in [-0.3, -0.25) is 4.79 Å². The molecule has 1 saturated carbocycles. The lowest BCUT2D eigenvalue weighted by Crippen LogP contribution is -2.38. The number of halogens is 1. The lowest BCUT2D eigenvalue weighted by Gasteiger charge is -2.34. The Morgan fingerprint density at radius 3 is 2.36 bits per heavy atom. The van der Waals surface area contributed by atoms with E-state index in [-0.39, 0.29) is 6.10 Å². The molecule has 0 atom stereocenters. The quantitative estimate of drug-likeness (QED) is 0.870. The summed E-state index contributed by atoms with van der Waals surface area (Å²) in [6.45, 7) is 3.84. The van der Waals surface area contributed by atoms with E-state index in [1.54, 1.807) is 19.2 Å². The first-order valence-electron chi connectivity index (χ1n) is 7.69. The highest BCUT2D eigenvalue weighted by atomic mass is 35.5. The maximum atomic E-state index is 12.0. The molecule has 1 N–H and O–H groups in total. The summed E-state index contributed by atoms with van der Waals surface area (Å²) in [5, 5.41) is 10.2. The highest BCUT2D eigenvalue weighted by molar-refractivity contribution is 6.32. The van der Waals surface area contributed by atoms with Gasteiger partial charge in [0.05, 0.1) is 18.6 Å². The second-order valence-electron chi connectivity index (χ2n) is 6.10. The van der Waals surface area contributed by atoms with Gasteiger partial charge in [-0.2, -0.15) is 0 Å². The number of hydrogen-bond donors (Lipinski definition) is 1. The molecule has 1 fully saturated rings. The highest BCUT2D eigenvalue weighted by Crippen LogP contribution is 2.46. The van der Waals surface area contributed by atoms with Gasteiger partial charge in [0, 0.05) is 11.1 Å². The van der Waals surface area contributed by atoms with E-state index >= 15 is 0 Å². The molecule has 1 aromatic rings. The summed E-state index contributed by atoms with van der Waals surface area (Å²) in [5.41, 5.74) is -0.284. The Morgan fingerprint density at radius 2 is 1.86 bits per heavy atom. The molecule has 122 valence electrons. The Kier molecular flexibility index (Phi) is 5.22. The third kappa shape index (κ3) is 3.17. The van der Waals surface area contributed by atoms with Crippen molar-refractivity contribution in [2.24, 2.45) is 0 Å². The minimum Gasteiger partial charge on any atom is -0.493 e. The Labute approximate surface area is 136 Å². The van der Waals surface area contributed by atoms with E-state index in [4.69, 9.17) is 21.1 Å². The fourth-order valence-electron chi connectivity index (χ4n) is 3.16. The van der Waals surface area contributed by atoms with Gasteiger partial charge in [-0.25, -0.2) is 0 Å². The van der Waals surface area contributed by atoms with Crippen molar-refractivity contribution in [2.45, 2.75) is 57.5 Å². The van der Waals surface area contributed by atoms with Gasteiger partial charge in [-0.1, -0.05) is 30.9 Å². The standard InChI is InChI=1S/C17H23ClO4/c1-11(2)22-15-10-13(18)12(9-14(15)21-3)17(16(19)20)7-5-4-6-8-17/h9-11H,4-8H2,1-3H3,(H,19,20). The number of ether oxygens (including phenoxy) is 2. The molecule has 0 heterocycles. The summed E-state index contributed by atoms with van der Waals surface area (Å²) in [6, 6.07) is 3.41. The van der Waals surface area contributed by atoms with Gasteiger partial charge in [0.15, 0.2) is 11.5 Å². The van der Waals surface area contributed by atoms with Crippen molar-refractivity contribution in [1.82, 2.24) is 0 Å². The van der Waals surface area contributed by atoms with Crippen LogP contribution in [0.2, 0.25) is 5.02 Å². The average molecular weight is 327 g/mol. The van der Waals surface area contributed by atoms with E-state index < -0.39 is 11.4 Å². The molecule has 4 nitrogen and oxygen atoms in total. The largest absolute Gasteiger partial charge is 0.493 e. The van der Waals surface area contributed by atoms with Crippen LogP contribution >= 0.6 is 11.6 Å². The van der Waals surface area contributed by atoms with Crippen molar-refractivity contribution < 1.29 is 19.4 Å². The van der Waals surface area contributed by atoms with E-state index in [0.29, 0.717) is 34.9 Å². The van der Waals surface area contributed by atoms with Crippen LogP contribution in [0.1, 0.15) is 51.5 Å². The second kappa shape index (κ2) is 6.78. The van der Waals surface area contributed by atoms with E-state index in [1.807, 2.05) is 13.8 Å². The number of benzene rings is 1. The van der Waals surface area contributed by atoms with Crippen molar-refractivity contribution in [3.8, 4) is 11.5 Å². The van der Waals surface area contributed by atoms with Crippen molar-refractivity contribution in [3.05, 3.63) is 22.7 Å². The van der Waals surface area contributed by atoms with Gasteiger partial charge in [-0.15, -0.1) is 0 Å². The summed E-state index contributed by atoms with van der Waals surface area (Å²) in [4.78, 5) is 12.0. The van der Waals surface area contributed by atoms with Crippen LogP contribution in [0.25, 0.3) is 0 Å². The molecule has 0 spiro atoms. The molecule has 0 radical (unpaired) electrons. The van der Waals surface area contributed by atoms with Gasteiger partial charge in [-0.05, 0) is 38.3 Å². The third-order valence-corrected chi connectivity index (χ3v) is 4.56. The maximum absolute atomic E-state index is 12.0. The summed E-state index contributed by atoms with van der Waals surface area (Å²) in [7, 11) is 1.55. The van der Waals surface area contributed by atoms with Crippen molar-refractivity contribution in [1.29, 1.82) is 0 Å². The minimum absolute atomic E-state index is 0.0149. The molecule has 1 aliphatic rings. The van der Waals surface area contributed by atoms with E-state index in [0.717, 1.165) is 19.3 Å². The van der Waals surface area contributed by atoms with Gasteiger partial charge in [0.25, 0.3) is 0 Å². The third-order valence-electron chi connectivity index (χ3n) is 4.25. The number of hydrogen-bond acceptors (Lipinski definition) is 3. The molecular formula is C17H23ClO4. The Bertz CT molecular complexity index is 548. The van der Waals surface area contributed by atoms with Crippen molar-refractivity contribution >= 4 is 17.6 Å². The normalized spacial score (nSPS) is 17.3. The summed E-state index contributed by atoms with van der Waals surface area (Å²) >= 11 is 6.41. The zero-order valence-corrected chi connectivity index (χ0v) is 14.1. The van der Waals surface area contributed by atoms with Crippen LogP contribution in [0.15, 0.2) is 12.1 Å². The summed E-state index contributed by atoms with van der Waals surface area (Å²) in [5.74, 6) is 0.260. The molecule has 0 saturated heterocycles. The zero-order chi connectivity index (χ0) is 16.3. The number of methoxy groups -OCH3 is 1. The predicted molar refractivity (Wildman–Crippen MR) is 86.2 cm³/mol. The molecular weight excluding hydrogens is 304 g/mol. The number of aliphatic carboxylic acids is 1. The molecule has 2 rings (SSSR count).